The van der Waals surface area contributed by atoms with E-state index in [4.69, 9.17) is 0 Å². The molecular weight excluding hydrogens is 410 g/mol. The van der Waals surface area contributed by atoms with Gasteiger partial charge in [-0.2, -0.15) is 4.68 Å². The molecule has 0 saturated heterocycles. The van der Waals surface area contributed by atoms with Crippen molar-refractivity contribution < 1.29 is 0 Å². The van der Waals surface area contributed by atoms with Gasteiger partial charge in [-0.25, -0.2) is 0 Å². The van der Waals surface area contributed by atoms with Crippen molar-refractivity contribution >= 4 is 22.7 Å². The van der Waals surface area contributed by atoms with Crippen molar-refractivity contribution in [1.29, 1.82) is 0 Å². The molecule has 31 heavy (non-hydrogen) atoms. The quantitative estimate of drug-likeness (QED) is 0.397. The van der Waals surface area contributed by atoms with Gasteiger partial charge in [0.2, 0.25) is 0 Å². The first-order chi connectivity index (χ1) is 15.2. The van der Waals surface area contributed by atoms with E-state index in [0.29, 0.717) is 21.9 Å². The monoisotopic (exact) mass is 427 g/mol. The molecule has 0 radical (unpaired) electrons. The molecule has 3 heterocycles. The lowest BCUT2D eigenvalue weighted by Crippen LogP contribution is -2.23. The first-order valence-corrected chi connectivity index (χ1v) is 10.6. The maximum atomic E-state index is 12.8. The third kappa shape index (κ3) is 3.59. The van der Waals surface area contributed by atoms with E-state index >= 15 is 0 Å². The molecule has 0 aliphatic heterocycles. The molecule has 5 aromatic rings. The Kier molecular flexibility index (Phi) is 5.01. The van der Waals surface area contributed by atoms with E-state index in [1.807, 2.05) is 60.0 Å². The minimum atomic E-state index is -0.186. The van der Waals surface area contributed by atoms with Crippen LogP contribution in [0.15, 0.2) is 83.0 Å². The molecular formula is C22H17N7OS. The number of para-hydroxylation sites is 1. The van der Waals surface area contributed by atoms with Gasteiger partial charge in [0.25, 0.3) is 5.56 Å². The molecule has 5 rings (SSSR count). The fourth-order valence-electron chi connectivity index (χ4n) is 3.31. The van der Waals surface area contributed by atoms with Gasteiger partial charge in [-0.3, -0.25) is 14.3 Å². The molecule has 8 nitrogen and oxygen atoms in total. The molecule has 0 amide bonds. The summed E-state index contributed by atoms with van der Waals surface area (Å²) in [6.45, 7) is 2.04. The minimum Gasteiger partial charge on any atom is -0.270 e. The fraction of sp³-hybridized carbons (Fsp3) is 0.0909. The minimum absolute atomic E-state index is 0.186. The van der Waals surface area contributed by atoms with Crippen LogP contribution < -0.4 is 5.56 Å². The second-order valence-electron chi connectivity index (χ2n) is 6.85. The van der Waals surface area contributed by atoms with Crippen molar-refractivity contribution in [2.24, 2.45) is 0 Å². The van der Waals surface area contributed by atoms with Gasteiger partial charge in [0.1, 0.15) is 5.52 Å². The molecule has 0 aliphatic rings. The molecule has 0 spiro atoms. The van der Waals surface area contributed by atoms with Gasteiger partial charge < -0.3 is 0 Å². The largest absolute Gasteiger partial charge is 0.278 e. The molecule has 152 valence electrons. The predicted molar refractivity (Wildman–Crippen MR) is 119 cm³/mol. The highest BCUT2D eigenvalue weighted by molar-refractivity contribution is 7.98. The summed E-state index contributed by atoms with van der Waals surface area (Å²) in [5, 5.41) is 18.3. The Morgan fingerprint density at radius 2 is 1.68 bits per heavy atom. The first kappa shape index (κ1) is 19.1. The number of fused-ring (bicyclic) bond motifs is 1. The first-order valence-electron chi connectivity index (χ1n) is 9.59. The summed E-state index contributed by atoms with van der Waals surface area (Å²) in [5.74, 6) is 0.966. The standard InChI is InChI=1S/C22H17N7OS/c1-15-6-2-5-9-19(15)29-20(16-10-12-23-13-11-16)25-26-22(29)31-14-28-21(30)17-7-3-4-8-18(17)24-27-28/h2-13H,14H2,1H3. The van der Waals surface area contributed by atoms with Gasteiger partial charge in [-0.1, -0.05) is 47.3 Å². The van der Waals surface area contributed by atoms with E-state index in [0.717, 1.165) is 16.8 Å². The summed E-state index contributed by atoms with van der Waals surface area (Å²) in [6, 6.07) is 19.0. The van der Waals surface area contributed by atoms with E-state index in [-0.39, 0.29) is 11.4 Å². The van der Waals surface area contributed by atoms with Gasteiger partial charge in [0.05, 0.1) is 17.0 Å². The van der Waals surface area contributed by atoms with Crippen LogP contribution in [0.1, 0.15) is 5.56 Å². The zero-order valence-electron chi connectivity index (χ0n) is 16.6. The van der Waals surface area contributed by atoms with Crippen LogP contribution in [0.25, 0.3) is 28.0 Å². The van der Waals surface area contributed by atoms with E-state index < -0.39 is 0 Å². The van der Waals surface area contributed by atoms with Gasteiger partial charge in [-0.15, -0.1) is 15.3 Å². The van der Waals surface area contributed by atoms with Crippen LogP contribution in [-0.4, -0.2) is 34.7 Å². The maximum absolute atomic E-state index is 12.8. The van der Waals surface area contributed by atoms with Crippen LogP contribution >= 0.6 is 11.8 Å². The zero-order chi connectivity index (χ0) is 21.2. The lowest BCUT2D eigenvalue weighted by molar-refractivity contribution is 0.643. The van der Waals surface area contributed by atoms with Gasteiger partial charge in [0, 0.05) is 18.0 Å². The highest BCUT2D eigenvalue weighted by Gasteiger charge is 2.18. The van der Waals surface area contributed by atoms with Gasteiger partial charge in [-0.05, 0) is 42.8 Å². The van der Waals surface area contributed by atoms with E-state index in [2.05, 4.69) is 25.5 Å². The summed E-state index contributed by atoms with van der Waals surface area (Å²) in [7, 11) is 0. The molecule has 0 N–H and O–H groups in total. The molecule has 0 unspecified atom stereocenters. The van der Waals surface area contributed by atoms with Crippen LogP contribution in [-0.2, 0) is 5.88 Å². The Morgan fingerprint density at radius 1 is 0.903 bits per heavy atom. The second-order valence-corrected chi connectivity index (χ2v) is 7.76. The molecule has 9 heteroatoms. The lowest BCUT2D eigenvalue weighted by atomic mass is 10.2. The normalized spacial score (nSPS) is 11.1. The van der Waals surface area contributed by atoms with Crippen molar-refractivity contribution in [1.82, 2.24) is 34.7 Å². The van der Waals surface area contributed by atoms with E-state index in [1.165, 1.54) is 16.4 Å². The number of rotatable bonds is 5. The van der Waals surface area contributed by atoms with Crippen molar-refractivity contribution in [2.75, 3.05) is 0 Å². The average Bonchev–Trinajstić information content (AvgIpc) is 3.23. The number of benzene rings is 2. The fourth-order valence-corrected chi connectivity index (χ4v) is 4.13. The lowest BCUT2D eigenvalue weighted by Gasteiger charge is -2.13. The summed E-state index contributed by atoms with van der Waals surface area (Å²) in [4.78, 5) is 16.9. The summed E-state index contributed by atoms with van der Waals surface area (Å²) in [6.07, 6.45) is 3.45. The third-order valence-corrected chi connectivity index (χ3v) is 5.77. The average molecular weight is 427 g/mol. The SMILES string of the molecule is Cc1ccccc1-n1c(SCn2nnc3ccccc3c2=O)nnc1-c1ccncc1. The maximum Gasteiger partial charge on any atom is 0.278 e. The number of hydrogen-bond acceptors (Lipinski definition) is 7. The Balaban J connectivity index is 1.56. The summed E-state index contributed by atoms with van der Waals surface area (Å²) >= 11 is 1.38. The van der Waals surface area contributed by atoms with Crippen LogP contribution in [0.2, 0.25) is 0 Å². The highest BCUT2D eigenvalue weighted by Crippen LogP contribution is 2.29. The molecule has 0 saturated carbocycles. The van der Waals surface area contributed by atoms with Crippen molar-refractivity contribution in [2.45, 2.75) is 18.0 Å². The Morgan fingerprint density at radius 3 is 2.52 bits per heavy atom. The van der Waals surface area contributed by atoms with Gasteiger partial charge >= 0.3 is 0 Å². The number of aromatic nitrogens is 7. The number of aryl methyl sites for hydroxylation is 1. The molecule has 0 bridgehead atoms. The van der Waals surface area contributed by atoms with Crippen LogP contribution in [0.4, 0.5) is 0 Å². The predicted octanol–water partition coefficient (Wildman–Crippen LogP) is 3.49. The smallest absolute Gasteiger partial charge is 0.270 e. The Labute approximate surface area is 181 Å². The molecule has 3 aromatic heterocycles. The topological polar surface area (TPSA) is 91.4 Å². The van der Waals surface area contributed by atoms with Crippen molar-refractivity contribution in [3.63, 3.8) is 0 Å². The summed E-state index contributed by atoms with van der Waals surface area (Å²) < 4.78 is 3.34. The Hall–Kier alpha value is -3.85. The third-order valence-electron chi connectivity index (χ3n) is 4.87. The number of nitrogens with zero attached hydrogens (tertiary/aromatic N) is 7. The highest BCUT2D eigenvalue weighted by atomic mass is 32.2. The van der Waals surface area contributed by atoms with Crippen molar-refractivity contribution in [3.05, 3.63) is 89.0 Å². The van der Waals surface area contributed by atoms with Crippen LogP contribution in [0, 0.1) is 6.92 Å². The van der Waals surface area contributed by atoms with Gasteiger partial charge in [0.15, 0.2) is 11.0 Å². The van der Waals surface area contributed by atoms with Crippen LogP contribution in [0.5, 0.6) is 0 Å². The molecule has 0 atom stereocenters. The molecule has 2 aromatic carbocycles. The number of thioether (sulfide) groups is 1. The van der Waals surface area contributed by atoms with E-state index in [9.17, 15) is 4.79 Å². The molecule has 0 aliphatic carbocycles. The van der Waals surface area contributed by atoms with E-state index in [1.54, 1.807) is 24.5 Å². The Bertz CT molecular complexity index is 1430. The number of pyridine rings is 1. The molecule has 0 fully saturated rings. The van der Waals surface area contributed by atoms with Crippen molar-refractivity contribution in [3.8, 4) is 17.1 Å². The number of hydrogen-bond donors (Lipinski definition) is 0. The summed E-state index contributed by atoms with van der Waals surface area (Å²) in [5.41, 5.74) is 3.35. The van der Waals surface area contributed by atoms with Crippen LogP contribution in [0.3, 0.4) is 0 Å². The second kappa shape index (κ2) is 8.11. The zero-order valence-corrected chi connectivity index (χ0v) is 17.4.